The Balaban J connectivity index is 2.56. The number of aromatic nitrogens is 1. The number of carbonyl (C=O) groups excluding carboxylic acids is 1. The lowest BCUT2D eigenvalue weighted by Crippen LogP contribution is -2.40. The number of amides is 1. The summed E-state index contributed by atoms with van der Waals surface area (Å²) >= 11 is 3.21. The highest BCUT2D eigenvalue weighted by molar-refractivity contribution is 9.10. The van der Waals surface area contributed by atoms with E-state index in [2.05, 4.69) is 26.2 Å². The summed E-state index contributed by atoms with van der Waals surface area (Å²) in [4.78, 5) is 15.8. The first-order valence-corrected chi connectivity index (χ1v) is 6.37. The number of nitrogens with zero attached hydrogens (tertiary/aromatic N) is 1. The zero-order valence-electron chi connectivity index (χ0n) is 10.0. The van der Waals surface area contributed by atoms with E-state index < -0.39 is 5.60 Å². The fraction of sp³-hybridized carbons (Fsp3) is 0.500. The van der Waals surface area contributed by atoms with Crippen LogP contribution in [0.2, 0.25) is 0 Å². The molecule has 0 aromatic carbocycles. The Bertz CT molecular complexity index is 394. The van der Waals surface area contributed by atoms with Crippen LogP contribution in [0.4, 0.5) is 0 Å². The number of nitrogens with one attached hydrogen (secondary N) is 1. The fourth-order valence-electron chi connectivity index (χ4n) is 1.52. The van der Waals surface area contributed by atoms with Crippen molar-refractivity contribution in [2.75, 3.05) is 6.54 Å². The molecule has 17 heavy (non-hydrogen) atoms. The lowest BCUT2D eigenvalue weighted by molar-refractivity contribution is 0.0468. The second-order valence-corrected chi connectivity index (χ2v) is 5.09. The molecule has 1 unspecified atom stereocenters. The van der Waals surface area contributed by atoms with Gasteiger partial charge < -0.3 is 10.4 Å². The largest absolute Gasteiger partial charge is 0.388 e. The van der Waals surface area contributed by atoms with Crippen molar-refractivity contribution in [3.05, 3.63) is 28.5 Å². The molecule has 1 aromatic rings. The van der Waals surface area contributed by atoms with Crippen LogP contribution < -0.4 is 5.32 Å². The van der Waals surface area contributed by atoms with Crippen LogP contribution in [0, 0.1) is 0 Å². The van der Waals surface area contributed by atoms with Crippen molar-refractivity contribution in [2.45, 2.75) is 32.3 Å². The highest BCUT2D eigenvalue weighted by Crippen LogP contribution is 2.11. The normalized spacial score (nSPS) is 14.1. The van der Waals surface area contributed by atoms with E-state index in [1.165, 1.54) is 0 Å². The van der Waals surface area contributed by atoms with E-state index in [1.54, 1.807) is 25.1 Å². The molecular formula is C12H17BrN2O2. The molecule has 0 saturated carbocycles. The molecule has 0 radical (unpaired) electrons. The number of aliphatic hydroxyl groups is 1. The molecular weight excluding hydrogens is 284 g/mol. The Kier molecular flexibility index (Phi) is 5.08. The van der Waals surface area contributed by atoms with Crippen LogP contribution in [0.3, 0.4) is 0 Å². The van der Waals surface area contributed by atoms with E-state index in [0.717, 1.165) is 6.42 Å². The Hall–Kier alpha value is -0.940. The van der Waals surface area contributed by atoms with Crippen LogP contribution in [0.1, 0.15) is 37.2 Å². The van der Waals surface area contributed by atoms with Gasteiger partial charge in [-0.05, 0) is 41.4 Å². The molecule has 0 fully saturated rings. The molecule has 0 aliphatic heterocycles. The standard InChI is InChI=1S/C12H17BrN2O2/c1-3-7-12(2,17)8-14-11(16)9-5-4-6-10(13)15-9/h4-6,17H,3,7-8H2,1-2H3,(H,14,16). The zero-order chi connectivity index (χ0) is 12.9. The predicted molar refractivity (Wildman–Crippen MR) is 69.8 cm³/mol. The Morgan fingerprint density at radius 2 is 2.29 bits per heavy atom. The summed E-state index contributed by atoms with van der Waals surface area (Å²) in [5.74, 6) is -0.275. The van der Waals surface area contributed by atoms with Crippen molar-refractivity contribution in [2.24, 2.45) is 0 Å². The van der Waals surface area contributed by atoms with Crippen LogP contribution in [0.25, 0.3) is 0 Å². The molecule has 0 aliphatic carbocycles. The summed E-state index contributed by atoms with van der Waals surface area (Å²) in [6, 6.07) is 5.13. The lowest BCUT2D eigenvalue weighted by atomic mass is 10.0. The third kappa shape index (κ3) is 4.83. The van der Waals surface area contributed by atoms with Crippen molar-refractivity contribution in [3.8, 4) is 0 Å². The van der Waals surface area contributed by atoms with Crippen LogP contribution in [-0.4, -0.2) is 28.1 Å². The quantitative estimate of drug-likeness (QED) is 0.819. The van der Waals surface area contributed by atoms with Crippen LogP contribution in [0.15, 0.2) is 22.8 Å². The monoisotopic (exact) mass is 300 g/mol. The second-order valence-electron chi connectivity index (χ2n) is 4.28. The average Bonchev–Trinajstić information content (AvgIpc) is 2.26. The maximum atomic E-state index is 11.7. The molecule has 5 heteroatoms. The molecule has 0 spiro atoms. The number of pyridine rings is 1. The number of carbonyl (C=O) groups is 1. The topological polar surface area (TPSA) is 62.2 Å². The fourth-order valence-corrected chi connectivity index (χ4v) is 1.87. The molecule has 0 aliphatic rings. The van der Waals surface area contributed by atoms with Crippen molar-refractivity contribution in [3.63, 3.8) is 0 Å². The molecule has 1 atom stereocenters. The van der Waals surface area contributed by atoms with Gasteiger partial charge in [-0.3, -0.25) is 4.79 Å². The van der Waals surface area contributed by atoms with Gasteiger partial charge in [-0.2, -0.15) is 0 Å². The van der Waals surface area contributed by atoms with Gasteiger partial charge in [0.15, 0.2) is 0 Å². The van der Waals surface area contributed by atoms with E-state index in [4.69, 9.17) is 0 Å². The molecule has 0 saturated heterocycles. The van der Waals surface area contributed by atoms with Gasteiger partial charge in [0.25, 0.3) is 5.91 Å². The van der Waals surface area contributed by atoms with Gasteiger partial charge in [-0.25, -0.2) is 4.98 Å². The van der Waals surface area contributed by atoms with Crippen molar-refractivity contribution in [1.29, 1.82) is 0 Å². The zero-order valence-corrected chi connectivity index (χ0v) is 11.6. The van der Waals surface area contributed by atoms with Crippen LogP contribution >= 0.6 is 15.9 Å². The van der Waals surface area contributed by atoms with E-state index in [9.17, 15) is 9.90 Å². The Morgan fingerprint density at radius 1 is 1.59 bits per heavy atom. The summed E-state index contributed by atoms with van der Waals surface area (Å²) in [5, 5.41) is 12.6. The molecule has 1 aromatic heterocycles. The van der Waals surface area contributed by atoms with Crippen molar-refractivity contribution >= 4 is 21.8 Å². The van der Waals surface area contributed by atoms with Gasteiger partial charge >= 0.3 is 0 Å². The van der Waals surface area contributed by atoms with Crippen LogP contribution in [0.5, 0.6) is 0 Å². The van der Waals surface area contributed by atoms with Gasteiger partial charge in [-0.15, -0.1) is 0 Å². The molecule has 1 heterocycles. The van der Waals surface area contributed by atoms with E-state index in [1.807, 2.05) is 6.92 Å². The summed E-state index contributed by atoms with van der Waals surface area (Å²) < 4.78 is 0.616. The Labute approximate surface area is 110 Å². The maximum absolute atomic E-state index is 11.7. The van der Waals surface area contributed by atoms with Crippen LogP contribution in [-0.2, 0) is 0 Å². The first kappa shape index (κ1) is 14.1. The van der Waals surface area contributed by atoms with E-state index in [-0.39, 0.29) is 12.5 Å². The lowest BCUT2D eigenvalue weighted by Gasteiger charge is -2.22. The second kappa shape index (κ2) is 6.12. The third-order valence-corrected chi connectivity index (χ3v) is 2.81. The summed E-state index contributed by atoms with van der Waals surface area (Å²) in [6.45, 7) is 3.94. The van der Waals surface area contributed by atoms with E-state index in [0.29, 0.717) is 16.7 Å². The minimum Gasteiger partial charge on any atom is -0.388 e. The van der Waals surface area contributed by atoms with Gasteiger partial charge in [0.05, 0.1) is 5.60 Å². The summed E-state index contributed by atoms with van der Waals surface area (Å²) in [5.41, 5.74) is -0.525. The minimum atomic E-state index is -0.865. The molecule has 94 valence electrons. The van der Waals surface area contributed by atoms with Gasteiger partial charge in [0.2, 0.25) is 0 Å². The minimum absolute atomic E-state index is 0.230. The smallest absolute Gasteiger partial charge is 0.270 e. The van der Waals surface area contributed by atoms with Crippen molar-refractivity contribution < 1.29 is 9.90 Å². The first-order chi connectivity index (χ1) is 7.94. The van der Waals surface area contributed by atoms with Gasteiger partial charge in [0.1, 0.15) is 10.3 Å². The molecule has 4 nitrogen and oxygen atoms in total. The maximum Gasteiger partial charge on any atom is 0.270 e. The third-order valence-electron chi connectivity index (χ3n) is 2.37. The van der Waals surface area contributed by atoms with Gasteiger partial charge in [-0.1, -0.05) is 19.4 Å². The number of hydrogen-bond donors (Lipinski definition) is 2. The SMILES string of the molecule is CCCC(C)(O)CNC(=O)c1cccc(Br)n1. The average molecular weight is 301 g/mol. The predicted octanol–water partition coefficient (Wildman–Crippen LogP) is 2.12. The Morgan fingerprint density at radius 3 is 2.88 bits per heavy atom. The number of hydrogen-bond acceptors (Lipinski definition) is 3. The molecule has 1 rings (SSSR count). The molecule has 1 amide bonds. The molecule has 0 bridgehead atoms. The summed E-state index contributed by atoms with van der Waals surface area (Å²) in [7, 11) is 0. The summed E-state index contributed by atoms with van der Waals surface area (Å²) in [6.07, 6.45) is 1.52. The van der Waals surface area contributed by atoms with Crippen molar-refractivity contribution in [1.82, 2.24) is 10.3 Å². The first-order valence-electron chi connectivity index (χ1n) is 5.58. The van der Waals surface area contributed by atoms with E-state index >= 15 is 0 Å². The highest BCUT2D eigenvalue weighted by atomic mass is 79.9. The van der Waals surface area contributed by atoms with Gasteiger partial charge in [0, 0.05) is 6.54 Å². The number of halogens is 1. The highest BCUT2D eigenvalue weighted by Gasteiger charge is 2.20. The molecule has 2 N–H and O–H groups in total. The number of rotatable bonds is 5.